The molecule has 0 amide bonds. The molecule has 15 heavy (non-hydrogen) atoms. The van der Waals surface area contributed by atoms with Gasteiger partial charge in [0.25, 0.3) is 0 Å². The molecular weight excluding hydrogens is 188 g/mol. The molecule has 1 saturated carbocycles. The van der Waals surface area contributed by atoms with Crippen molar-refractivity contribution in [2.24, 2.45) is 5.92 Å². The Morgan fingerprint density at radius 3 is 2.27 bits per heavy atom. The van der Waals surface area contributed by atoms with Crippen molar-refractivity contribution in [3.63, 3.8) is 0 Å². The van der Waals surface area contributed by atoms with E-state index in [0.717, 1.165) is 12.8 Å². The van der Waals surface area contributed by atoms with E-state index in [2.05, 4.69) is 0 Å². The first kappa shape index (κ1) is 11.6. The molecule has 3 nitrogen and oxygen atoms in total. The van der Waals surface area contributed by atoms with Crippen molar-refractivity contribution in [1.29, 1.82) is 10.5 Å². The minimum Gasteiger partial charge on any atom is -0.496 e. The molecule has 1 fully saturated rings. The first-order valence-corrected chi connectivity index (χ1v) is 5.50. The summed E-state index contributed by atoms with van der Waals surface area (Å²) in [5.41, 5.74) is 0.156. The Balaban J connectivity index is 2.86. The van der Waals surface area contributed by atoms with E-state index >= 15 is 0 Å². The highest BCUT2D eigenvalue weighted by molar-refractivity contribution is 5.38. The second-order valence-electron chi connectivity index (χ2n) is 3.73. The quantitative estimate of drug-likeness (QED) is 0.524. The lowest BCUT2D eigenvalue weighted by atomic mass is 9.86. The van der Waals surface area contributed by atoms with Crippen LogP contribution in [0.15, 0.2) is 11.3 Å². The average Bonchev–Trinajstić information content (AvgIpc) is 2.30. The second-order valence-corrected chi connectivity index (χ2v) is 3.73. The second kappa shape index (κ2) is 6.09. The fourth-order valence-electron chi connectivity index (χ4n) is 2.05. The minimum atomic E-state index is 0.156. The monoisotopic (exact) mass is 204 g/mol. The summed E-state index contributed by atoms with van der Waals surface area (Å²) in [6.07, 6.45) is 5.69. The molecule has 0 atom stereocenters. The summed E-state index contributed by atoms with van der Waals surface area (Å²) in [7, 11) is 0. The van der Waals surface area contributed by atoms with Crippen LogP contribution in [0.1, 0.15) is 39.0 Å². The maximum Gasteiger partial charge on any atom is 0.167 e. The van der Waals surface area contributed by atoms with E-state index < -0.39 is 0 Å². The molecule has 0 spiro atoms. The third-order valence-electron chi connectivity index (χ3n) is 2.75. The molecule has 80 valence electrons. The van der Waals surface area contributed by atoms with Gasteiger partial charge in [0.15, 0.2) is 5.57 Å². The average molecular weight is 204 g/mol. The van der Waals surface area contributed by atoms with Crippen LogP contribution in [0.4, 0.5) is 0 Å². The predicted octanol–water partition coefficient (Wildman–Crippen LogP) is 2.90. The summed E-state index contributed by atoms with van der Waals surface area (Å²) in [5.74, 6) is 0.912. The lowest BCUT2D eigenvalue weighted by molar-refractivity contribution is 0.170. The van der Waals surface area contributed by atoms with Crippen LogP contribution < -0.4 is 0 Å². The summed E-state index contributed by atoms with van der Waals surface area (Å²) in [4.78, 5) is 0. The Kier molecular flexibility index (Phi) is 4.71. The van der Waals surface area contributed by atoms with Crippen molar-refractivity contribution >= 4 is 0 Å². The third-order valence-corrected chi connectivity index (χ3v) is 2.75. The normalized spacial score (nSPS) is 16.2. The summed E-state index contributed by atoms with van der Waals surface area (Å²) in [5, 5.41) is 17.7. The number of hydrogen-bond donors (Lipinski definition) is 0. The zero-order valence-electron chi connectivity index (χ0n) is 9.12. The van der Waals surface area contributed by atoms with Gasteiger partial charge in [-0.05, 0) is 19.8 Å². The molecule has 0 heterocycles. The Bertz CT molecular complexity index is 297. The molecule has 1 rings (SSSR count). The molecule has 0 unspecified atom stereocenters. The van der Waals surface area contributed by atoms with Crippen molar-refractivity contribution in [3.05, 3.63) is 11.3 Å². The van der Waals surface area contributed by atoms with Crippen LogP contribution in [0.3, 0.4) is 0 Å². The summed E-state index contributed by atoms with van der Waals surface area (Å²) in [6.45, 7) is 2.41. The number of ether oxygens (including phenoxy) is 1. The summed E-state index contributed by atoms with van der Waals surface area (Å²) >= 11 is 0. The smallest absolute Gasteiger partial charge is 0.167 e. The number of nitriles is 2. The van der Waals surface area contributed by atoms with E-state index in [9.17, 15) is 0 Å². The van der Waals surface area contributed by atoms with Crippen molar-refractivity contribution in [3.8, 4) is 12.1 Å². The first-order valence-electron chi connectivity index (χ1n) is 5.50. The van der Waals surface area contributed by atoms with Crippen LogP contribution in [-0.2, 0) is 4.74 Å². The van der Waals surface area contributed by atoms with Crippen molar-refractivity contribution in [2.45, 2.75) is 39.0 Å². The van der Waals surface area contributed by atoms with Crippen LogP contribution in [0.5, 0.6) is 0 Å². The van der Waals surface area contributed by atoms with E-state index in [0.29, 0.717) is 12.4 Å². The zero-order chi connectivity index (χ0) is 11.1. The molecular formula is C12H16N2O. The maximum atomic E-state index is 8.84. The van der Waals surface area contributed by atoms with E-state index in [-0.39, 0.29) is 11.5 Å². The highest BCUT2D eigenvalue weighted by Crippen LogP contribution is 2.31. The molecule has 1 aliphatic rings. The largest absolute Gasteiger partial charge is 0.496 e. The summed E-state index contributed by atoms with van der Waals surface area (Å²) in [6, 6.07) is 3.85. The third kappa shape index (κ3) is 2.99. The predicted molar refractivity (Wildman–Crippen MR) is 56.5 cm³/mol. The fourth-order valence-corrected chi connectivity index (χ4v) is 2.05. The molecule has 1 aliphatic carbocycles. The Morgan fingerprint density at radius 1 is 1.20 bits per heavy atom. The van der Waals surface area contributed by atoms with Gasteiger partial charge >= 0.3 is 0 Å². The molecule has 0 aromatic heterocycles. The fraction of sp³-hybridized carbons (Fsp3) is 0.667. The van der Waals surface area contributed by atoms with Crippen LogP contribution >= 0.6 is 0 Å². The van der Waals surface area contributed by atoms with Gasteiger partial charge in [-0.3, -0.25) is 0 Å². The van der Waals surface area contributed by atoms with Gasteiger partial charge in [0.1, 0.15) is 17.9 Å². The van der Waals surface area contributed by atoms with Gasteiger partial charge in [0.2, 0.25) is 0 Å². The molecule has 0 saturated heterocycles. The van der Waals surface area contributed by atoms with Crippen LogP contribution in [0.25, 0.3) is 0 Å². The highest BCUT2D eigenvalue weighted by Gasteiger charge is 2.22. The van der Waals surface area contributed by atoms with Crippen LogP contribution in [0, 0.1) is 28.6 Å². The van der Waals surface area contributed by atoms with E-state index in [4.69, 9.17) is 15.3 Å². The molecule has 0 aromatic rings. The molecule has 0 N–H and O–H groups in total. The number of rotatable bonds is 3. The van der Waals surface area contributed by atoms with Gasteiger partial charge in [0.05, 0.1) is 6.61 Å². The lowest BCUT2D eigenvalue weighted by Gasteiger charge is -2.24. The molecule has 3 heteroatoms. The van der Waals surface area contributed by atoms with Gasteiger partial charge in [-0.1, -0.05) is 19.3 Å². The van der Waals surface area contributed by atoms with E-state index in [1.165, 1.54) is 19.3 Å². The van der Waals surface area contributed by atoms with Crippen molar-refractivity contribution in [1.82, 2.24) is 0 Å². The lowest BCUT2D eigenvalue weighted by Crippen LogP contribution is -2.13. The Hall–Kier alpha value is -1.48. The first-order chi connectivity index (χ1) is 7.33. The SMILES string of the molecule is CCOC(=C(C#N)C#N)C1CCCCC1. The number of allylic oxidation sites excluding steroid dienone is 2. The van der Waals surface area contributed by atoms with E-state index in [1.54, 1.807) is 0 Å². The topological polar surface area (TPSA) is 56.8 Å². The van der Waals surface area contributed by atoms with Gasteiger partial charge in [0, 0.05) is 5.92 Å². The zero-order valence-corrected chi connectivity index (χ0v) is 9.12. The standard InChI is InChI=1S/C12H16N2O/c1-2-15-12(11(8-13)9-14)10-6-4-3-5-7-10/h10H,2-7H2,1H3. The molecule has 0 radical (unpaired) electrons. The maximum absolute atomic E-state index is 8.84. The number of hydrogen-bond acceptors (Lipinski definition) is 3. The molecule has 0 bridgehead atoms. The van der Waals surface area contributed by atoms with E-state index in [1.807, 2.05) is 19.1 Å². The van der Waals surface area contributed by atoms with Gasteiger partial charge in [-0.15, -0.1) is 0 Å². The van der Waals surface area contributed by atoms with Crippen molar-refractivity contribution in [2.75, 3.05) is 6.61 Å². The van der Waals surface area contributed by atoms with Gasteiger partial charge < -0.3 is 4.74 Å². The minimum absolute atomic E-state index is 0.156. The highest BCUT2D eigenvalue weighted by atomic mass is 16.5. The van der Waals surface area contributed by atoms with Crippen LogP contribution in [-0.4, -0.2) is 6.61 Å². The molecule has 0 aromatic carbocycles. The van der Waals surface area contributed by atoms with Gasteiger partial charge in [-0.2, -0.15) is 10.5 Å². The van der Waals surface area contributed by atoms with Crippen molar-refractivity contribution < 1.29 is 4.74 Å². The van der Waals surface area contributed by atoms with Gasteiger partial charge in [-0.25, -0.2) is 0 Å². The Labute approximate surface area is 91.0 Å². The number of nitrogens with zero attached hydrogens (tertiary/aromatic N) is 2. The van der Waals surface area contributed by atoms with Crippen LogP contribution in [0.2, 0.25) is 0 Å². The summed E-state index contributed by atoms with van der Waals surface area (Å²) < 4.78 is 5.46. The molecule has 0 aliphatic heterocycles. The Morgan fingerprint density at radius 2 is 1.80 bits per heavy atom.